The molecule has 19 heavy (non-hydrogen) atoms. The second-order valence-electron chi connectivity index (χ2n) is 4.52. The minimum Gasteiger partial charge on any atom is -0.489 e. The maximum absolute atomic E-state index is 12.7. The van der Waals surface area contributed by atoms with E-state index in [0.29, 0.717) is 18.7 Å². The van der Waals surface area contributed by atoms with E-state index in [9.17, 15) is 9.18 Å². The van der Waals surface area contributed by atoms with Gasteiger partial charge >= 0.3 is 0 Å². The fraction of sp³-hybridized carbons (Fsp3) is 0.500. The van der Waals surface area contributed by atoms with Crippen LogP contribution in [0, 0.1) is 5.82 Å². The van der Waals surface area contributed by atoms with E-state index in [1.54, 1.807) is 12.1 Å². The van der Waals surface area contributed by atoms with Gasteiger partial charge in [-0.3, -0.25) is 4.79 Å². The molecule has 4 nitrogen and oxygen atoms in total. The number of hydrogen-bond donors (Lipinski definition) is 2. The highest BCUT2D eigenvalue weighted by molar-refractivity contribution is 5.81. The molecule has 5 heteroatoms. The monoisotopic (exact) mass is 268 g/mol. The molecule has 0 saturated heterocycles. The number of hydrogen-bond acceptors (Lipinski definition) is 3. The lowest BCUT2D eigenvalue weighted by Crippen LogP contribution is -2.43. The van der Waals surface area contributed by atoms with Crippen molar-refractivity contribution in [3.8, 4) is 5.75 Å². The average molecular weight is 268 g/mol. The van der Waals surface area contributed by atoms with E-state index in [1.807, 2.05) is 13.8 Å². The van der Waals surface area contributed by atoms with Gasteiger partial charge in [0.1, 0.15) is 17.7 Å². The van der Waals surface area contributed by atoms with Crippen LogP contribution in [0.25, 0.3) is 0 Å². The number of carbonyl (C=O) groups is 1. The standard InChI is InChI=1S/C14H21FN2O2/c1-3-4-13(16)14(18)17-9-10(2)19-12-7-5-11(15)6-8-12/h5-8,10,13H,3-4,9,16H2,1-2H3,(H,17,18). The SMILES string of the molecule is CCCC(N)C(=O)NCC(C)Oc1ccc(F)cc1. The van der Waals surface area contributed by atoms with Crippen molar-refractivity contribution in [1.82, 2.24) is 5.32 Å². The van der Waals surface area contributed by atoms with E-state index in [2.05, 4.69) is 5.32 Å². The van der Waals surface area contributed by atoms with Gasteiger partial charge in [-0.2, -0.15) is 0 Å². The summed E-state index contributed by atoms with van der Waals surface area (Å²) in [6, 6.07) is 5.30. The summed E-state index contributed by atoms with van der Waals surface area (Å²) in [4.78, 5) is 11.6. The van der Waals surface area contributed by atoms with Crippen LogP contribution in [0.4, 0.5) is 4.39 Å². The Morgan fingerprint density at radius 1 is 1.42 bits per heavy atom. The molecule has 0 aliphatic carbocycles. The summed E-state index contributed by atoms with van der Waals surface area (Å²) in [6.45, 7) is 4.18. The Hall–Kier alpha value is -1.62. The molecule has 0 aliphatic heterocycles. The molecule has 1 amide bonds. The van der Waals surface area contributed by atoms with E-state index in [4.69, 9.17) is 10.5 Å². The fourth-order valence-corrected chi connectivity index (χ4v) is 1.60. The van der Waals surface area contributed by atoms with Crippen molar-refractivity contribution in [3.63, 3.8) is 0 Å². The van der Waals surface area contributed by atoms with Crippen LogP contribution in [-0.4, -0.2) is 24.6 Å². The first kappa shape index (κ1) is 15.4. The molecule has 0 fully saturated rings. The highest BCUT2D eigenvalue weighted by Crippen LogP contribution is 2.12. The number of nitrogens with two attached hydrogens (primary N) is 1. The molecule has 1 aromatic carbocycles. The predicted molar refractivity (Wildman–Crippen MR) is 72.4 cm³/mol. The van der Waals surface area contributed by atoms with Gasteiger partial charge in [0, 0.05) is 0 Å². The number of rotatable bonds is 7. The van der Waals surface area contributed by atoms with Crippen LogP contribution in [0.2, 0.25) is 0 Å². The third-order valence-electron chi connectivity index (χ3n) is 2.65. The molecule has 0 spiro atoms. The van der Waals surface area contributed by atoms with Gasteiger partial charge in [0.2, 0.25) is 5.91 Å². The minimum atomic E-state index is -0.469. The lowest BCUT2D eigenvalue weighted by molar-refractivity contribution is -0.122. The summed E-state index contributed by atoms with van der Waals surface area (Å²) in [7, 11) is 0. The van der Waals surface area contributed by atoms with Gasteiger partial charge in [-0.1, -0.05) is 13.3 Å². The van der Waals surface area contributed by atoms with E-state index >= 15 is 0 Å². The third-order valence-corrected chi connectivity index (χ3v) is 2.65. The molecule has 0 radical (unpaired) electrons. The Kier molecular flexibility index (Phi) is 6.29. The van der Waals surface area contributed by atoms with Crippen molar-refractivity contribution in [3.05, 3.63) is 30.1 Å². The summed E-state index contributed by atoms with van der Waals surface area (Å²) in [6.07, 6.45) is 1.33. The van der Waals surface area contributed by atoms with E-state index in [0.717, 1.165) is 6.42 Å². The molecule has 0 aromatic heterocycles. The number of carbonyl (C=O) groups excluding carboxylic acids is 1. The molecular weight excluding hydrogens is 247 g/mol. The van der Waals surface area contributed by atoms with Crippen molar-refractivity contribution in [2.75, 3.05) is 6.54 Å². The van der Waals surface area contributed by atoms with Gasteiger partial charge in [0.05, 0.1) is 12.6 Å². The Bertz CT molecular complexity index is 395. The minimum absolute atomic E-state index is 0.170. The molecule has 1 aromatic rings. The van der Waals surface area contributed by atoms with Crippen molar-refractivity contribution >= 4 is 5.91 Å². The Labute approximate surface area is 113 Å². The van der Waals surface area contributed by atoms with Crippen LogP contribution in [-0.2, 0) is 4.79 Å². The molecular formula is C14H21FN2O2. The van der Waals surface area contributed by atoms with Crippen molar-refractivity contribution in [2.24, 2.45) is 5.73 Å². The maximum atomic E-state index is 12.7. The quantitative estimate of drug-likeness (QED) is 0.793. The van der Waals surface area contributed by atoms with E-state index < -0.39 is 6.04 Å². The van der Waals surface area contributed by atoms with Crippen molar-refractivity contribution in [2.45, 2.75) is 38.8 Å². The molecule has 0 aliphatic rings. The summed E-state index contributed by atoms with van der Waals surface area (Å²) in [5, 5.41) is 2.74. The second-order valence-corrected chi connectivity index (χ2v) is 4.52. The van der Waals surface area contributed by atoms with Crippen LogP contribution in [0.15, 0.2) is 24.3 Å². The van der Waals surface area contributed by atoms with Crippen molar-refractivity contribution < 1.29 is 13.9 Å². The van der Waals surface area contributed by atoms with Gasteiger partial charge in [-0.25, -0.2) is 4.39 Å². The Balaban J connectivity index is 2.33. The zero-order valence-corrected chi connectivity index (χ0v) is 11.4. The molecule has 2 unspecified atom stereocenters. The second kappa shape index (κ2) is 7.74. The highest BCUT2D eigenvalue weighted by Gasteiger charge is 2.13. The zero-order chi connectivity index (χ0) is 14.3. The van der Waals surface area contributed by atoms with Crippen LogP contribution >= 0.6 is 0 Å². The zero-order valence-electron chi connectivity index (χ0n) is 11.4. The van der Waals surface area contributed by atoms with Crippen LogP contribution in [0.3, 0.4) is 0 Å². The first-order valence-electron chi connectivity index (χ1n) is 6.48. The van der Waals surface area contributed by atoms with Crippen molar-refractivity contribution in [1.29, 1.82) is 0 Å². The molecule has 1 rings (SSSR count). The first-order chi connectivity index (χ1) is 9.02. The maximum Gasteiger partial charge on any atom is 0.237 e. The largest absolute Gasteiger partial charge is 0.489 e. The molecule has 2 atom stereocenters. The summed E-state index contributed by atoms with van der Waals surface area (Å²) in [5.41, 5.74) is 5.69. The predicted octanol–water partition coefficient (Wildman–Crippen LogP) is 1.84. The lowest BCUT2D eigenvalue weighted by atomic mass is 10.1. The highest BCUT2D eigenvalue weighted by atomic mass is 19.1. The van der Waals surface area contributed by atoms with Gasteiger partial charge in [0.25, 0.3) is 0 Å². The number of benzene rings is 1. The van der Waals surface area contributed by atoms with Crippen LogP contribution in [0.5, 0.6) is 5.75 Å². The van der Waals surface area contributed by atoms with Crippen LogP contribution < -0.4 is 15.8 Å². The van der Waals surface area contributed by atoms with E-state index in [1.165, 1.54) is 12.1 Å². The van der Waals surface area contributed by atoms with Gasteiger partial charge in [-0.05, 0) is 37.6 Å². The molecule has 3 N–H and O–H groups in total. The van der Waals surface area contributed by atoms with Gasteiger partial charge in [-0.15, -0.1) is 0 Å². The summed E-state index contributed by atoms with van der Waals surface area (Å²) >= 11 is 0. The fourth-order valence-electron chi connectivity index (χ4n) is 1.60. The molecule has 0 heterocycles. The number of halogens is 1. The topological polar surface area (TPSA) is 64.4 Å². The van der Waals surface area contributed by atoms with E-state index in [-0.39, 0.29) is 17.8 Å². The van der Waals surface area contributed by atoms with Gasteiger partial charge in [0.15, 0.2) is 0 Å². The average Bonchev–Trinajstić information content (AvgIpc) is 2.39. The summed E-state index contributed by atoms with van der Waals surface area (Å²) < 4.78 is 18.3. The lowest BCUT2D eigenvalue weighted by Gasteiger charge is -2.17. The Morgan fingerprint density at radius 2 is 2.05 bits per heavy atom. The first-order valence-corrected chi connectivity index (χ1v) is 6.48. The van der Waals surface area contributed by atoms with Crippen LogP contribution in [0.1, 0.15) is 26.7 Å². The molecule has 0 bridgehead atoms. The number of amides is 1. The smallest absolute Gasteiger partial charge is 0.237 e. The van der Waals surface area contributed by atoms with Gasteiger partial charge < -0.3 is 15.8 Å². The molecule has 0 saturated carbocycles. The number of nitrogens with one attached hydrogen (secondary N) is 1. The molecule has 106 valence electrons. The number of ether oxygens (including phenoxy) is 1. The Morgan fingerprint density at radius 3 is 2.63 bits per heavy atom. The summed E-state index contributed by atoms with van der Waals surface area (Å²) in [5.74, 6) is 0.0938. The normalized spacial score (nSPS) is 13.7. The third kappa shape index (κ3) is 5.70.